The average molecular weight is 270 g/mol. The number of hydrogen-bond donors (Lipinski definition) is 1. The van der Waals surface area contributed by atoms with Crippen molar-refractivity contribution in [1.29, 1.82) is 0 Å². The van der Waals surface area contributed by atoms with Crippen molar-refractivity contribution in [2.24, 2.45) is 5.73 Å². The number of benzene rings is 2. The molecule has 2 N–H and O–H groups in total. The summed E-state index contributed by atoms with van der Waals surface area (Å²) in [7, 11) is 0. The molecule has 0 aromatic heterocycles. The molecule has 0 fully saturated rings. The van der Waals surface area contributed by atoms with Crippen LogP contribution >= 0.6 is 0 Å². The topological polar surface area (TPSA) is 29.3 Å². The minimum atomic E-state index is -0.178. The summed E-state index contributed by atoms with van der Waals surface area (Å²) in [4.78, 5) is 2.21. The third-order valence-electron chi connectivity index (χ3n) is 3.88. The predicted molar refractivity (Wildman–Crippen MR) is 81.0 cm³/mol. The molecular weight excluding hydrogens is 251 g/mol. The Bertz CT molecular complexity index is 637. The normalized spacial score (nSPS) is 13.7. The van der Waals surface area contributed by atoms with Gasteiger partial charge in [0.25, 0.3) is 0 Å². The summed E-state index contributed by atoms with van der Waals surface area (Å²) in [6.07, 6.45) is 1.81. The number of anilines is 2. The molecule has 2 aromatic carbocycles. The van der Waals surface area contributed by atoms with Crippen LogP contribution in [0, 0.1) is 12.7 Å². The van der Waals surface area contributed by atoms with Crippen LogP contribution in [0.15, 0.2) is 36.4 Å². The zero-order valence-electron chi connectivity index (χ0n) is 11.7. The summed E-state index contributed by atoms with van der Waals surface area (Å²) >= 11 is 0. The molecule has 1 aliphatic heterocycles. The number of nitrogens with zero attached hydrogens (tertiary/aromatic N) is 1. The monoisotopic (exact) mass is 270 g/mol. The maximum absolute atomic E-state index is 13.5. The zero-order chi connectivity index (χ0) is 14.1. The van der Waals surface area contributed by atoms with E-state index in [1.807, 2.05) is 6.07 Å². The van der Waals surface area contributed by atoms with E-state index in [9.17, 15) is 4.39 Å². The van der Waals surface area contributed by atoms with Gasteiger partial charge in [-0.15, -0.1) is 0 Å². The standard InChI is InChI=1S/C17H19FN2/c1-12-2-5-16(14(10-12)6-8-19)20-9-7-13-3-4-15(18)11-17(13)20/h2-5,10-11H,6-9,19H2,1H3. The highest BCUT2D eigenvalue weighted by molar-refractivity contribution is 5.72. The number of rotatable bonds is 3. The van der Waals surface area contributed by atoms with Gasteiger partial charge in [-0.3, -0.25) is 0 Å². The van der Waals surface area contributed by atoms with E-state index in [-0.39, 0.29) is 5.82 Å². The first-order chi connectivity index (χ1) is 9.69. The molecule has 3 heteroatoms. The van der Waals surface area contributed by atoms with E-state index < -0.39 is 0 Å². The minimum absolute atomic E-state index is 0.178. The van der Waals surface area contributed by atoms with E-state index in [4.69, 9.17) is 5.73 Å². The second kappa shape index (κ2) is 5.25. The van der Waals surface area contributed by atoms with Gasteiger partial charge in [0, 0.05) is 17.9 Å². The molecule has 2 aromatic rings. The van der Waals surface area contributed by atoms with Gasteiger partial charge < -0.3 is 10.6 Å². The fourth-order valence-electron chi connectivity index (χ4n) is 2.94. The van der Waals surface area contributed by atoms with Crippen LogP contribution in [0.25, 0.3) is 0 Å². The van der Waals surface area contributed by atoms with Crippen LogP contribution in [0.3, 0.4) is 0 Å². The van der Waals surface area contributed by atoms with Crippen molar-refractivity contribution in [2.45, 2.75) is 19.8 Å². The molecule has 0 radical (unpaired) electrons. The van der Waals surface area contributed by atoms with Gasteiger partial charge in [0.15, 0.2) is 0 Å². The average Bonchev–Trinajstić information content (AvgIpc) is 2.82. The van der Waals surface area contributed by atoms with E-state index in [1.54, 1.807) is 6.07 Å². The van der Waals surface area contributed by atoms with Gasteiger partial charge in [0.05, 0.1) is 0 Å². The van der Waals surface area contributed by atoms with Gasteiger partial charge in [-0.1, -0.05) is 23.8 Å². The lowest BCUT2D eigenvalue weighted by molar-refractivity contribution is 0.628. The first-order valence-electron chi connectivity index (χ1n) is 7.04. The molecule has 1 aliphatic rings. The number of halogens is 1. The Labute approximate surface area is 119 Å². The molecule has 0 saturated heterocycles. The number of aryl methyl sites for hydroxylation is 1. The van der Waals surface area contributed by atoms with Gasteiger partial charge in [-0.25, -0.2) is 4.39 Å². The zero-order valence-corrected chi connectivity index (χ0v) is 11.7. The van der Waals surface area contributed by atoms with E-state index in [0.717, 1.165) is 30.8 Å². The first kappa shape index (κ1) is 13.1. The highest BCUT2D eigenvalue weighted by atomic mass is 19.1. The SMILES string of the molecule is Cc1ccc(N2CCc3ccc(F)cc32)c(CCN)c1. The van der Waals surface area contributed by atoms with Gasteiger partial charge in [0.1, 0.15) is 5.82 Å². The summed E-state index contributed by atoms with van der Waals surface area (Å²) in [6, 6.07) is 11.5. The molecule has 2 nitrogen and oxygen atoms in total. The fourth-order valence-corrected chi connectivity index (χ4v) is 2.94. The first-order valence-corrected chi connectivity index (χ1v) is 7.04. The van der Waals surface area contributed by atoms with Gasteiger partial charge in [0.2, 0.25) is 0 Å². The molecule has 0 atom stereocenters. The van der Waals surface area contributed by atoms with Crippen molar-refractivity contribution in [3.8, 4) is 0 Å². The number of hydrogen-bond acceptors (Lipinski definition) is 2. The molecule has 0 aliphatic carbocycles. The summed E-state index contributed by atoms with van der Waals surface area (Å²) in [5.41, 5.74) is 11.6. The third-order valence-corrected chi connectivity index (χ3v) is 3.88. The van der Waals surface area contributed by atoms with Crippen LogP contribution in [0.1, 0.15) is 16.7 Å². The van der Waals surface area contributed by atoms with E-state index >= 15 is 0 Å². The van der Waals surface area contributed by atoms with Crippen LogP contribution in [0.2, 0.25) is 0 Å². The molecular formula is C17H19FN2. The molecule has 0 amide bonds. The largest absolute Gasteiger partial charge is 0.341 e. The highest BCUT2D eigenvalue weighted by Crippen LogP contribution is 2.37. The van der Waals surface area contributed by atoms with E-state index in [2.05, 4.69) is 30.0 Å². The molecule has 104 valence electrons. The molecule has 20 heavy (non-hydrogen) atoms. The highest BCUT2D eigenvalue weighted by Gasteiger charge is 2.22. The van der Waals surface area contributed by atoms with Gasteiger partial charge >= 0.3 is 0 Å². The van der Waals surface area contributed by atoms with Crippen LogP contribution in [-0.4, -0.2) is 13.1 Å². The van der Waals surface area contributed by atoms with E-state index in [1.165, 1.54) is 22.8 Å². The minimum Gasteiger partial charge on any atom is -0.341 e. The second-order valence-electron chi connectivity index (χ2n) is 5.35. The lowest BCUT2D eigenvalue weighted by Crippen LogP contribution is -2.16. The number of nitrogens with two attached hydrogens (primary N) is 1. The Morgan fingerprint density at radius 2 is 2.00 bits per heavy atom. The van der Waals surface area contributed by atoms with Crippen LogP contribution in [0.5, 0.6) is 0 Å². The lowest BCUT2D eigenvalue weighted by Gasteiger charge is -2.23. The maximum Gasteiger partial charge on any atom is 0.125 e. The Morgan fingerprint density at radius 3 is 2.80 bits per heavy atom. The third kappa shape index (κ3) is 2.29. The Balaban J connectivity index is 2.05. The smallest absolute Gasteiger partial charge is 0.125 e. The number of fused-ring (bicyclic) bond motifs is 1. The van der Waals surface area contributed by atoms with Crippen LogP contribution in [-0.2, 0) is 12.8 Å². The van der Waals surface area contributed by atoms with Crippen molar-refractivity contribution in [3.05, 3.63) is 58.9 Å². The summed E-state index contributed by atoms with van der Waals surface area (Å²) in [5, 5.41) is 0. The van der Waals surface area contributed by atoms with Gasteiger partial charge in [-0.2, -0.15) is 0 Å². The second-order valence-corrected chi connectivity index (χ2v) is 5.35. The molecule has 0 spiro atoms. The molecule has 3 rings (SSSR count). The molecule has 0 unspecified atom stereocenters. The summed E-state index contributed by atoms with van der Waals surface area (Å²) in [5.74, 6) is -0.178. The summed E-state index contributed by atoms with van der Waals surface area (Å²) < 4.78 is 13.5. The van der Waals surface area contributed by atoms with Crippen molar-refractivity contribution < 1.29 is 4.39 Å². The quantitative estimate of drug-likeness (QED) is 0.927. The molecule has 0 saturated carbocycles. The molecule has 0 bridgehead atoms. The Hall–Kier alpha value is -1.87. The maximum atomic E-state index is 13.5. The Kier molecular flexibility index (Phi) is 3.45. The van der Waals surface area contributed by atoms with Crippen molar-refractivity contribution in [2.75, 3.05) is 18.0 Å². The lowest BCUT2D eigenvalue weighted by atomic mass is 10.1. The predicted octanol–water partition coefficient (Wildman–Crippen LogP) is 3.33. The fraction of sp³-hybridized carbons (Fsp3) is 0.294. The van der Waals surface area contributed by atoms with Crippen LogP contribution in [0.4, 0.5) is 15.8 Å². The summed E-state index contributed by atoms with van der Waals surface area (Å²) in [6.45, 7) is 3.61. The van der Waals surface area contributed by atoms with Gasteiger partial charge in [-0.05, 0) is 55.6 Å². The van der Waals surface area contributed by atoms with E-state index in [0.29, 0.717) is 6.54 Å². The Morgan fingerprint density at radius 1 is 1.15 bits per heavy atom. The van der Waals surface area contributed by atoms with Crippen molar-refractivity contribution in [1.82, 2.24) is 0 Å². The molecule has 1 heterocycles. The van der Waals surface area contributed by atoms with Crippen LogP contribution < -0.4 is 10.6 Å². The van der Waals surface area contributed by atoms with Crippen molar-refractivity contribution >= 4 is 11.4 Å². The van der Waals surface area contributed by atoms with Crippen molar-refractivity contribution in [3.63, 3.8) is 0 Å².